The summed E-state index contributed by atoms with van der Waals surface area (Å²) >= 11 is 4.99. The van der Waals surface area contributed by atoms with Crippen LogP contribution in [0.5, 0.6) is 0 Å². The molecule has 80 valence electrons. The topological polar surface area (TPSA) is 29.5 Å². The molecule has 1 aromatic rings. The van der Waals surface area contributed by atoms with Gasteiger partial charge >= 0.3 is 0 Å². The van der Waals surface area contributed by atoms with Crippen molar-refractivity contribution in [3.05, 3.63) is 20.8 Å². The molecule has 0 bridgehead atoms. The number of rotatable bonds is 6. The van der Waals surface area contributed by atoms with Gasteiger partial charge in [-0.25, -0.2) is 0 Å². The van der Waals surface area contributed by atoms with Crippen LogP contribution in [0.2, 0.25) is 0 Å². The summed E-state index contributed by atoms with van der Waals surface area (Å²) in [6.45, 7) is 3.46. The molecule has 0 aliphatic heterocycles. The van der Waals surface area contributed by atoms with Gasteiger partial charge in [-0.2, -0.15) is 0 Å². The van der Waals surface area contributed by atoms with Gasteiger partial charge in [0.1, 0.15) is 0 Å². The summed E-state index contributed by atoms with van der Waals surface area (Å²) in [6.07, 6.45) is 1.31. The van der Waals surface area contributed by atoms with Gasteiger partial charge in [-0.05, 0) is 47.1 Å². The molecule has 0 radical (unpaired) electrons. The van der Waals surface area contributed by atoms with Crippen LogP contribution in [0, 0.1) is 0 Å². The second-order valence-electron chi connectivity index (χ2n) is 2.99. The zero-order chi connectivity index (χ0) is 10.4. The second-order valence-corrected chi connectivity index (χ2v) is 4.79. The van der Waals surface area contributed by atoms with Gasteiger partial charge in [0, 0.05) is 22.6 Å². The number of ether oxygens (including phenoxy) is 1. The van der Waals surface area contributed by atoms with E-state index in [4.69, 9.17) is 4.74 Å². The van der Waals surface area contributed by atoms with Crippen LogP contribution in [0.15, 0.2) is 15.9 Å². The second kappa shape index (κ2) is 6.56. The number of hydrogen-bond acceptors (Lipinski definition) is 3. The van der Waals surface area contributed by atoms with Crippen molar-refractivity contribution in [1.82, 2.24) is 0 Å². The van der Waals surface area contributed by atoms with Crippen molar-refractivity contribution in [2.45, 2.75) is 25.9 Å². The Labute approximate surface area is 97.0 Å². The Kier molecular flexibility index (Phi) is 5.70. The SMILES string of the molecule is CCOCCCC(O)c1sccc1Br. The number of thiophene rings is 1. The van der Waals surface area contributed by atoms with Gasteiger partial charge < -0.3 is 9.84 Å². The highest BCUT2D eigenvalue weighted by molar-refractivity contribution is 9.10. The Hall–Kier alpha value is 0.100. The van der Waals surface area contributed by atoms with Crippen LogP contribution >= 0.6 is 27.3 Å². The van der Waals surface area contributed by atoms with Crippen LogP contribution in [0.3, 0.4) is 0 Å². The standard InChI is InChI=1S/C10H15BrO2S/c1-2-13-6-3-4-9(12)10-8(11)5-7-14-10/h5,7,9,12H,2-4,6H2,1H3. The van der Waals surface area contributed by atoms with Gasteiger partial charge in [0.2, 0.25) is 0 Å². The first kappa shape index (κ1) is 12.2. The van der Waals surface area contributed by atoms with Crippen molar-refractivity contribution >= 4 is 27.3 Å². The van der Waals surface area contributed by atoms with Crippen LogP contribution in [0.4, 0.5) is 0 Å². The summed E-state index contributed by atoms with van der Waals surface area (Å²) in [4.78, 5) is 1.02. The normalized spacial score (nSPS) is 13.1. The minimum Gasteiger partial charge on any atom is -0.388 e. The first-order valence-electron chi connectivity index (χ1n) is 4.74. The molecule has 1 aromatic heterocycles. The maximum absolute atomic E-state index is 9.81. The zero-order valence-electron chi connectivity index (χ0n) is 8.20. The van der Waals surface area contributed by atoms with E-state index >= 15 is 0 Å². The molecule has 1 rings (SSSR count). The average Bonchev–Trinajstić information content (AvgIpc) is 2.59. The Morgan fingerprint density at radius 1 is 1.64 bits per heavy atom. The molecule has 1 heterocycles. The van der Waals surface area contributed by atoms with Crippen LogP contribution in [0.25, 0.3) is 0 Å². The summed E-state index contributed by atoms with van der Waals surface area (Å²) in [5.74, 6) is 0. The molecule has 0 amide bonds. The monoisotopic (exact) mass is 278 g/mol. The van der Waals surface area contributed by atoms with Crippen molar-refractivity contribution < 1.29 is 9.84 Å². The van der Waals surface area contributed by atoms with Gasteiger partial charge in [0.05, 0.1) is 6.10 Å². The molecule has 1 unspecified atom stereocenters. The lowest BCUT2D eigenvalue weighted by Gasteiger charge is -2.08. The lowest BCUT2D eigenvalue weighted by molar-refractivity contribution is 0.116. The van der Waals surface area contributed by atoms with Crippen molar-refractivity contribution in [2.75, 3.05) is 13.2 Å². The van der Waals surface area contributed by atoms with Crippen molar-refractivity contribution in [1.29, 1.82) is 0 Å². The Bertz CT molecular complexity index is 262. The van der Waals surface area contributed by atoms with Gasteiger partial charge in [0.25, 0.3) is 0 Å². The van der Waals surface area contributed by atoms with E-state index in [1.165, 1.54) is 0 Å². The van der Waals surface area contributed by atoms with Crippen LogP contribution in [0.1, 0.15) is 30.7 Å². The summed E-state index contributed by atoms with van der Waals surface area (Å²) in [5.41, 5.74) is 0. The van der Waals surface area contributed by atoms with Crippen molar-refractivity contribution in [2.24, 2.45) is 0 Å². The third kappa shape index (κ3) is 3.69. The summed E-state index contributed by atoms with van der Waals surface area (Å²) in [7, 11) is 0. The first-order chi connectivity index (χ1) is 6.75. The number of aliphatic hydroxyl groups is 1. The van der Waals surface area contributed by atoms with E-state index in [0.717, 1.165) is 35.4 Å². The summed E-state index contributed by atoms with van der Waals surface area (Å²) in [5, 5.41) is 11.8. The highest BCUT2D eigenvalue weighted by Gasteiger charge is 2.11. The average molecular weight is 279 g/mol. The number of halogens is 1. The van der Waals surface area contributed by atoms with Gasteiger partial charge in [-0.15, -0.1) is 11.3 Å². The predicted molar refractivity (Wildman–Crippen MR) is 62.7 cm³/mol. The van der Waals surface area contributed by atoms with E-state index in [1.54, 1.807) is 11.3 Å². The van der Waals surface area contributed by atoms with Crippen LogP contribution in [-0.4, -0.2) is 18.3 Å². The molecule has 1 atom stereocenters. The summed E-state index contributed by atoms with van der Waals surface area (Å²) < 4.78 is 6.22. The molecular weight excluding hydrogens is 264 g/mol. The Morgan fingerprint density at radius 3 is 3.00 bits per heavy atom. The maximum atomic E-state index is 9.81. The van der Waals surface area contributed by atoms with E-state index in [2.05, 4.69) is 15.9 Å². The molecule has 2 nitrogen and oxygen atoms in total. The Morgan fingerprint density at radius 2 is 2.43 bits per heavy atom. The van der Waals surface area contributed by atoms with E-state index in [0.29, 0.717) is 0 Å². The molecule has 14 heavy (non-hydrogen) atoms. The third-order valence-corrected chi connectivity index (χ3v) is 3.89. The van der Waals surface area contributed by atoms with Crippen molar-refractivity contribution in [3.8, 4) is 0 Å². The molecular formula is C10H15BrO2S. The molecule has 1 N–H and O–H groups in total. The fourth-order valence-electron chi connectivity index (χ4n) is 1.20. The first-order valence-corrected chi connectivity index (χ1v) is 6.41. The zero-order valence-corrected chi connectivity index (χ0v) is 10.6. The molecule has 0 saturated heterocycles. The molecule has 0 fully saturated rings. The Balaban J connectivity index is 2.28. The van der Waals surface area contributed by atoms with Crippen LogP contribution < -0.4 is 0 Å². The maximum Gasteiger partial charge on any atom is 0.0894 e. The van der Waals surface area contributed by atoms with Gasteiger partial charge in [-0.3, -0.25) is 0 Å². The fraction of sp³-hybridized carbons (Fsp3) is 0.600. The highest BCUT2D eigenvalue weighted by Crippen LogP contribution is 2.31. The molecule has 0 aromatic carbocycles. The predicted octanol–water partition coefficient (Wildman–Crippen LogP) is 3.36. The van der Waals surface area contributed by atoms with E-state index in [-0.39, 0.29) is 6.10 Å². The molecule has 0 spiro atoms. The molecule has 0 aliphatic carbocycles. The van der Waals surface area contributed by atoms with Gasteiger partial charge in [-0.1, -0.05) is 0 Å². The van der Waals surface area contributed by atoms with E-state index < -0.39 is 0 Å². The largest absolute Gasteiger partial charge is 0.388 e. The quantitative estimate of drug-likeness (QED) is 0.809. The smallest absolute Gasteiger partial charge is 0.0894 e. The van der Waals surface area contributed by atoms with E-state index in [9.17, 15) is 5.11 Å². The molecule has 4 heteroatoms. The lowest BCUT2D eigenvalue weighted by Crippen LogP contribution is -1.99. The fourth-order valence-corrected chi connectivity index (χ4v) is 2.86. The van der Waals surface area contributed by atoms with Crippen molar-refractivity contribution in [3.63, 3.8) is 0 Å². The highest BCUT2D eigenvalue weighted by atomic mass is 79.9. The minimum atomic E-state index is -0.357. The van der Waals surface area contributed by atoms with Gasteiger partial charge in [0.15, 0.2) is 0 Å². The minimum absolute atomic E-state index is 0.357. The molecule has 0 saturated carbocycles. The van der Waals surface area contributed by atoms with E-state index in [1.807, 2.05) is 18.4 Å². The number of aliphatic hydroxyl groups excluding tert-OH is 1. The third-order valence-electron chi connectivity index (χ3n) is 1.92. The van der Waals surface area contributed by atoms with Crippen LogP contribution in [-0.2, 0) is 4.74 Å². The summed E-state index contributed by atoms with van der Waals surface area (Å²) in [6, 6.07) is 1.96. The number of hydrogen-bond donors (Lipinski definition) is 1. The lowest BCUT2D eigenvalue weighted by atomic mass is 10.2. The molecule has 0 aliphatic rings.